The van der Waals surface area contributed by atoms with Gasteiger partial charge in [0, 0.05) is 17.7 Å². The number of ether oxygens (including phenoxy) is 1. The lowest BCUT2D eigenvalue weighted by atomic mass is 9.83. The van der Waals surface area contributed by atoms with E-state index in [1.807, 2.05) is 36.1 Å². The van der Waals surface area contributed by atoms with Gasteiger partial charge >= 0.3 is 0 Å². The van der Waals surface area contributed by atoms with Crippen molar-refractivity contribution >= 4 is 23.4 Å². The molecule has 6 heteroatoms. The van der Waals surface area contributed by atoms with E-state index in [4.69, 9.17) is 16.3 Å². The summed E-state index contributed by atoms with van der Waals surface area (Å²) in [4.78, 5) is 27.7. The van der Waals surface area contributed by atoms with Crippen molar-refractivity contribution in [1.82, 2.24) is 10.2 Å². The number of fused-ring (bicyclic) bond motifs is 1. The highest BCUT2D eigenvalue weighted by Crippen LogP contribution is 2.41. The average Bonchev–Trinajstić information content (AvgIpc) is 2.83. The maximum Gasteiger partial charge on any atom is 0.251 e. The van der Waals surface area contributed by atoms with Gasteiger partial charge in [-0.2, -0.15) is 0 Å². The van der Waals surface area contributed by atoms with E-state index >= 15 is 0 Å². The summed E-state index contributed by atoms with van der Waals surface area (Å²) in [6, 6.07) is 5.96. The summed E-state index contributed by atoms with van der Waals surface area (Å²) in [7, 11) is 1.66. The smallest absolute Gasteiger partial charge is 0.251 e. The Kier molecular flexibility index (Phi) is 9.40. The number of alkyl halides is 1. The number of hydrogen-bond donors (Lipinski definition) is 1. The number of nitrogens with zero attached hydrogens (tertiary/aromatic N) is 1. The SMILES string of the molecule is C=C(/C=C\C(=C/C)C(=O)NC1CCC1)[C@H]1c2ccc(OC)cc2C[C@H](CCCC)N1C(=O)CCl. The quantitative estimate of drug-likeness (QED) is 0.265. The van der Waals surface area contributed by atoms with Crippen molar-refractivity contribution < 1.29 is 14.3 Å². The van der Waals surface area contributed by atoms with Crippen molar-refractivity contribution in [3.8, 4) is 5.75 Å². The fraction of sp³-hybridized carbons (Fsp3) is 0.500. The number of benzene rings is 1. The van der Waals surface area contributed by atoms with Gasteiger partial charge in [-0.3, -0.25) is 9.59 Å². The van der Waals surface area contributed by atoms with Gasteiger partial charge in [-0.1, -0.05) is 44.6 Å². The molecule has 1 aromatic carbocycles. The molecular formula is C28H37ClN2O3. The highest BCUT2D eigenvalue weighted by Gasteiger charge is 2.37. The second-order valence-electron chi connectivity index (χ2n) is 9.16. The molecular weight excluding hydrogens is 448 g/mol. The monoisotopic (exact) mass is 484 g/mol. The Hall–Kier alpha value is -2.53. The van der Waals surface area contributed by atoms with Crippen molar-refractivity contribution in [1.29, 1.82) is 0 Å². The van der Waals surface area contributed by atoms with Crippen molar-refractivity contribution in [2.45, 2.75) is 76.9 Å². The minimum Gasteiger partial charge on any atom is -0.497 e. The number of hydrogen-bond acceptors (Lipinski definition) is 3. The first-order valence-corrected chi connectivity index (χ1v) is 12.8. The van der Waals surface area contributed by atoms with Gasteiger partial charge in [-0.15, -0.1) is 11.6 Å². The molecule has 2 amide bonds. The van der Waals surface area contributed by atoms with Gasteiger partial charge < -0.3 is 15.0 Å². The van der Waals surface area contributed by atoms with Crippen molar-refractivity contribution in [2.75, 3.05) is 13.0 Å². The number of unbranched alkanes of at least 4 members (excludes halogenated alkanes) is 1. The van der Waals surface area contributed by atoms with Crippen LogP contribution >= 0.6 is 11.6 Å². The van der Waals surface area contributed by atoms with E-state index in [9.17, 15) is 9.59 Å². The second-order valence-corrected chi connectivity index (χ2v) is 9.42. The zero-order valence-corrected chi connectivity index (χ0v) is 21.4. The lowest BCUT2D eigenvalue weighted by Crippen LogP contribution is -2.48. The topological polar surface area (TPSA) is 58.6 Å². The molecule has 2 atom stereocenters. The maximum atomic E-state index is 13.1. The highest BCUT2D eigenvalue weighted by molar-refractivity contribution is 6.27. The summed E-state index contributed by atoms with van der Waals surface area (Å²) < 4.78 is 5.46. The predicted molar refractivity (Wildman–Crippen MR) is 138 cm³/mol. The van der Waals surface area contributed by atoms with E-state index < -0.39 is 0 Å². The molecule has 0 radical (unpaired) electrons. The Morgan fingerprint density at radius 1 is 1.29 bits per heavy atom. The Morgan fingerprint density at radius 3 is 2.65 bits per heavy atom. The van der Waals surface area contributed by atoms with E-state index in [0.717, 1.165) is 67.4 Å². The largest absolute Gasteiger partial charge is 0.497 e. The number of methoxy groups -OCH3 is 1. The van der Waals surface area contributed by atoms with Crippen LogP contribution in [0.4, 0.5) is 0 Å². The molecule has 1 aliphatic heterocycles. The molecule has 1 saturated carbocycles. The van der Waals surface area contributed by atoms with Crippen LogP contribution in [0.2, 0.25) is 0 Å². The molecule has 1 heterocycles. The normalized spacial score (nSPS) is 20.6. The molecule has 3 rings (SSSR count). The fourth-order valence-electron chi connectivity index (χ4n) is 4.75. The Morgan fingerprint density at radius 2 is 2.06 bits per heavy atom. The summed E-state index contributed by atoms with van der Waals surface area (Å²) in [5.74, 6) is 0.553. The minimum atomic E-state index is -0.341. The average molecular weight is 485 g/mol. The van der Waals surface area contributed by atoms with Crippen molar-refractivity contribution in [3.05, 3.63) is 65.3 Å². The van der Waals surface area contributed by atoms with Gasteiger partial charge in [0.15, 0.2) is 0 Å². The first-order chi connectivity index (χ1) is 16.4. The molecule has 1 aliphatic carbocycles. The first-order valence-electron chi connectivity index (χ1n) is 12.3. The van der Waals surface area contributed by atoms with E-state index in [1.54, 1.807) is 13.2 Å². The Bertz CT molecular complexity index is 964. The van der Waals surface area contributed by atoms with Gasteiger partial charge in [0.2, 0.25) is 5.91 Å². The standard InChI is InChI=1S/C28H37ClN2O3/c1-5-7-11-23-16-21-17-24(34-4)14-15-25(21)27(31(23)26(32)18-29)19(3)12-13-20(6-2)28(33)30-22-9-8-10-22/h6,12-15,17,22-23,27H,3,5,7-11,16,18H2,1-2,4H3,(H,30,33)/b13-12-,20-6+/t23-,27-/m0/s1. The third-order valence-electron chi connectivity index (χ3n) is 6.91. The molecule has 1 aromatic rings. The van der Waals surface area contributed by atoms with E-state index in [-0.39, 0.29) is 35.8 Å². The molecule has 0 bridgehead atoms. The number of rotatable bonds is 10. The van der Waals surface area contributed by atoms with Crippen LogP contribution in [0.5, 0.6) is 5.75 Å². The fourth-order valence-corrected chi connectivity index (χ4v) is 4.89. The lowest BCUT2D eigenvalue weighted by molar-refractivity contribution is -0.133. The predicted octanol–water partition coefficient (Wildman–Crippen LogP) is 5.65. The van der Waals surface area contributed by atoms with Gasteiger partial charge in [-0.05, 0) is 73.9 Å². The number of amides is 2. The number of allylic oxidation sites excluding steroid dienone is 1. The first kappa shape index (κ1) is 26.1. The van der Waals surface area contributed by atoms with Crippen LogP contribution in [-0.2, 0) is 16.0 Å². The Balaban J connectivity index is 1.93. The second kappa shape index (κ2) is 12.3. The van der Waals surface area contributed by atoms with Crippen molar-refractivity contribution in [3.63, 3.8) is 0 Å². The van der Waals surface area contributed by atoms with Crippen LogP contribution < -0.4 is 10.1 Å². The lowest BCUT2D eigenvalue weighted by Gasteiger charge is -2.44. The number of nitrogens with one attached hydrogen (secondary N) is 1. The molecule has 0 saturated heterocycles. The molecule has 0 unspecified atom stereocenters. The van der Waals surface area contributed by atoms with Gasteiger partial charge in [0.25, 0.3) is 5.91 Å². The summed E-state index contributed by atoms with van der Waals surface area (Å²) in [6.07, 6.45) is 12.4. The number of carbonyl (C=O) groups is 2. The van der Waals surface area contributed by atoms with Crippen LogP contribution in [0.3, 0.4) is 0 Å². The van der Waals surface area contributed by atoms with Crippen LogP contribution in [0.15, 0.2) is 54.2 Å². The Labute approximate surface area is 208 Å². The summed E-state index contributed by atoms with van der Waals surface area (Å²) in [6.45, 7) is 8.35. The maximum absolute atomic E-state index is 13.1. The molecule has 34 heavy (non-hydrogen) atoms. The molecule has 2 aliphatic rings. The molecule has 0 spiro atoms. The summed E-state index contributed by atoms with van der Waals surface area (Å²) in [5.41, 5.74) is 3.54. The zero-order chi connectivity index (χ0) is 24.7. The van der Waals surface area contributed by atoms with E-state index in [1.165, 1.54) is 0 Å². The van der Waals surface area contributed by atoms with Crippen LogP contribution in [0.1, 0.15) is 69.5 Å². The number of halogens is 1. The minimum absolute atomic E-state index is 0.0315. The van der Waals surface area contributed by atoms with Crippen molar-refractivity contribution in [2.24, 2.45) is 0 Å². The molecule has 1 fully saturated rings. The van der Waals surface area contributed by atoms with E-state index in [2.05, 4.69) is 24.9 Å². The van der Waals surface area contributed by atoms with Crippen LogP contribution in [0.25, 0.3) is 0 Å². The highest BCUT2D eigenvalue weighted by atomic mass is 35.5. The third kappa shape index (κ3) is 5.93. The molecule has 5 nitrogen and oxygen atoms in total. The summed E-state index contributed by atoms with van der Waals surface area (Å²) in [5, 5.41) is 3.08. The van der Waals surface area contributed by atoms with Crippen LogP contribution in [-0.4, -0.2) is 41.8 Å². The molecule has 0 aromatic heterocycles. The third-order valence-corrected chi connectivity index (χ3v) is 7.14. The van der Waals surface area contributed by atoms with Gasteiger partial charge in [-0.25, -0.2) is 0 Å². The molecule has 184 valence electrons. The van der Waals surface area contributed by atoms with Gasteiger partial charge in [0.05, 0.1) is 13.2 Å². The number of carbonyl (C=O) groups excluding carboxylic acids is 2. The van der Waals surface area contributed by atoms with E-state index in [0.29, 0.717) is 5.57 Å². The van der Waals surface area contributed by atoms with Gasteiger partial charge in [0.1, 0.15) is 11.6 Å². The molecule has 1 N–H and O–H groups in total. The van der Waals surface area contributed by atoms with Crippen LogP contribution in [0, 0.1) is 0 Å². The summed E-state index contributed by atoms with van der Waals surface area (Å²) >= 11 is 6.07. The zero-order valence-electron chi connectivity index (χ0n) is 20.6.